The number of ether oxygens (including phenoxy) is 1. The number of benzene rings is 1. The van der Waals surface area contributed by atoms with Crippen LogP contribution in [0.25, 0.3) is 0 Å². The van der Waals surface area contributed by atoms with E-state index < -0.39 is 0 Å². The summed E-state index contributed by atoms with van der Waals surface area (Å²) in [5, 5.41) is 0. The summed E-state index contributed by atoms with van der Waals surface area (Å²) in [6.45, 7) is 6.40. The Kier molecular flexibility index (Phi) is 3.93. The number of hydrogen-bond acceptors (Lipinski definition) is 3. The van der Waals surface area contributed by atoms with E-state index in [0.717, 1.165) is 26.3 Å². The molecule has 1 aromatic rings. The van der Waals surface area contributed by atoms with Gasteiger partial charge in [-0.2, -0.15) is 0 Å². The Bertz CT molecular complexity index is 334. The lowest BCUT2D eigenvalue weighted by Gasteiger charge is -2.34. The van der Waals surface area contributed by atoms with Crippen LogP contribution in [0.2, 0.25) is 0 Å². The van der Waals surface area contributed by atoms with Crippen molar-refractivity contribution in [1.29, 1.82) is 0 Å². The molecule has 2 rings (SSSR count). The molecule has 0 aliphatic carbocycles. The van der Waals surface area contributed by atoms with Crippen LogP contribution < -0.4 is 5.73 Å². The lowest BCUT2D eigenvalue weighted by molar-refractivity contribution is 0.0179. The van der Waals surface area contributed by atoms with E-state index in [-0.39, 0.29) is 0 Å². The molecule has 1 aromatic carbocycles. The van der Waals surface area contributed by atoms with Gasteiger partial charge in [-0.15, -0.1) is 0 Å². The highest BCUT2D eigenvalue weighted by atomic mass is 16.5. The first-order valence-electron chi connectivity index (χ1n) is 5.89. The summed E-state index contributed by atoms with van der Waals surface area (Å²) in [6.07, 6.45) is 0. The molecule has 88 valence electrons. The first kappa shape index (κ1) is 11.6. The summed E-state index contributed by atoms with van der Waals surface area (Å²) >= 11 is 0. The Morgan fingerprint density at radius 1 is 1.38 bits per heavy atom. The molecular formula is C13H20N2O. The van der Waals surface area contributed by atoms with Crippen LogP contribution in [0.4, 0.5) is 0 Å². The minimum Gasteiger partial charge on any atom is -0.379 e. The molecular weight excluding hydrogens is 200 g/mol. The largest absolute Gasteiger partial charge is 0.379 e. The lowest BCUT2D eigenvalue weighted by atomic mass is 10.0. The maximum atomic E-state index is 5.90. The molecule has 1 atom stereocenters. The van der Waals surface area contributed by atoms with Crippen LogP contribution in [0.3, 0.4) is 0 Å². The van der Waals surface area contributed by atoms with Crippen molar-refractivity contribution >= 4 is 0 Å². The number of hydrogen-bond donors (Lipinski definition) is 1. The van der Waals surface area contributed by atoms with Gasteiger partial charge in [-0.1, -0.05) is 29.8 Å². The molecule has 0 spiro atoms. The van der Waals surface area contributed by atoms with Gasteiger partial charge in [0.05, 0.1) is 13.2 Å². The summed E-state index contributed by atoms with van der Waals surface area (Å²) < 4.78 is 5.37. The fourth-order valence-electron chi connectivity index (χ4n) is 2.26. The fraction of sp³-hybridized carbons (Fsp3) is 0.538. The molecule has 1 aliphatic rings. The van der Waals surface area contributed by atoms with Gasteiger partial charge >= 0.3 is 0 Å². The number of nitrogens with two attached hydrogens (primary N) is 1. The zero-order valence-corrected chi connectivity index (χ0v) is 9.86. The number of morpholine rings is 1. The van der Waals surface area contributed by atoms with Gasteiger partial charge in [0.25, 0.3) is 0 Å². The molecule has 0 bridgehead atoms. The molecule has 1 saturated heterocycles. The lowest BCUT2D eigenvalue weighted by Crippen LogP contribution is -2.41. The molecule has 0 radical (unpaired) electrons. The average molecular weight is 220 g/mol. The fourth-order valence-corrected chi connectivity index (χ4v) is 2.26. The third-order valence-electron chi connectivity index (χ3n) is 3.14. The van der Waals surface area contributed by atoms with Crippen LogP contribution in [0.1, 0.15) is 17.2 Å². The highest BCUT2D eigenvalue weighted by Crippen LogP contribution is 2.21. The standard InChI is InChI=1S/C13H20N2O/c1-11-3-2-4-12(9-11)13(10-14)15-5-7-16-8-6-15/h2-4,9,13H,5-8,10,14H2,1H3. The van der Waals surface area contributed by atoms with E-state index in [1.807, 2.05) is 0 Å². The van der Waals surface area contributed by atoms with E-state index in [0.29, 0.717) is 12.6 Å². The first-order chi connectivity index (χ1) is 7.81. The maximum absolute atomic E-state index is 5.90. The summed E-state index contributed by atoms with van der Waals surface area (Å²) in [5.41, 5.74) is 8.52. The van der Waals surface area contributed by atoms with E-state index in [4.69, 9.17) is 10.5 Å². The van der Waals surface area contributed by atoms with Crippen molar-refractivity contribution in [3.8, 4) is 0 Å². The molecule has 1 unspecified atom stereocenters. The van der Waals surface area contributed by atoms with Crippen LogP contribution >= 0.6 is 0 Å². The average Bonchev–Trinajstić information content (AvgIpc) is 2.31. The summed E-state index contributed by atoms with van der Waals surface area (Å²) in [6, 6.07) is 8.96. The molecule has 0 amide bonds. The monoisotopic (exact) mass is 220 g/mol. The summed E-state index contributed by atoms with van der Waals surface area (Å²) in [5.74, 6) is 0. The van der Waals surface area contributed by atoms with Crippen molar-refractivity contribution in [2.24, 2.45) is 5.73 Å². The van der Waals surface area contributed by atoms with E-state index >= 15 is 0 Å². The van der Waals surface area contributed by atoms with E-state index in [1.165, 1.54) is 11.1 Å². The predicted octanol–water partition coefficient (Wildman–Crippen LogP) is 1.33. The van der Waals surface area contributed by atoms with Crippen molar-refractivity contribution in [1.82, 2.24) is 4.90 Å². The SMILES string of the molecule is Cc1cccc(C(CN)N2CCOCC2)c1. The molecule has 1 heterocycles. The van der Waals surface area contributed by atoms with E-state index in [1.54, 1.807) is 0 Å². The van der Waals surface area contributed by atoms with Gasteiger partial charge in [0.1, 0.15) is 0 Å². The van der Waals surface area contributed by atoms with Gasteiger partial charge < -0.3 is 10.5 Å². The highest BCUT2D eigenvalue weighted by Gasteiger charge is 2.20. The number of rotatable bonds is 3. The third-order valence-corrected chi connectivity index (χ3v) is 3.14. The smallest absolute Gasteiger partial charge is 0.0594 e. The summed E-state index contributed by atoms with van der Waals surface area (Å²) in [7, 11) is 0. The Morgan fingerprint density at radius 2 is 2.12 bits per heavy atom. The van der Waals surface area contributed by atoms with Crippen molar-refractivity contribution in [2.75, 3.05) is 32.8 Å². The predicted molar refractivity (Wildman–Crippen MR) is 65.4 cm³/mol. The topological polar surface area (TPSA) is 38.5 Å². The molecule has 16 heavy (non-hydrogen) atoms. The van der Waals surface area contributed by atoms with Gasteiger partial charge in [0, 0.05) is 25.7 Å². The first-order valence-corrected chi connectivity index (χ1v) is 5.89. The van der Waals surface area contributed by atoms with Crippen molar-refractivity contribution in [3.63, 3.8) is 0 Å². The molecule has 1 aliphatic heterocycles. The van der Waals surface area contributed by atoms with Crippen LogP contribution in [-0.2, 0) is 4.74 Å². The van der Waals surface area contributed by atoms with Gasteiger partial charge in [0.15, 0.2) is 0 Å². The number of aryl methyl sites for hydroxylation is 1. The number of nitrogens with zero attached hydrogens (tertiary/aromatic N) is 1. The normalized spacial score (nSPS) is 19.6. The van der Waals surface area contributed by atoms with E-state index in [9.17, 15) is 0 Å². The molecule has 2 N–H and O–H groups in total. The second kappa shape index (κ2) is 5.43. The second-order valence-electron chi connectivity index (χ2n) is 4.31. The van der Waals surface area contributed by atoms with Crippen LogP contribution in [0.15, 0.2) is 24.3 Å². The molecule has 0 saturated carbocycles. The van der Waals surface area contributed by atoms with Crippen LogP contribution in [-0.4, -0.2) is 37.7 Å². The second-order valence-corrected chi connectivity index (χ2v) is 4.31. The van der Waals surface area contributed by atoms with Crippen LogP contribution in [0.5, 0.6) is 0 Å². The molecule has 0 aromatic heterocycles. The zero-order valence-electron chi connectivity index (χ0n) is 9.86. The Morgan fingerprint density at radius 3 is 2.75 bits per heavy atom. The van der Waals surface area contributed by atoms with E-state index in [2.05, 4.69) is 36.1 Å². The van der Waals surface area contributed by atoms with Gasteiger partial charge in [-0.3, -0.25) is 4.90 Å². The van der Waals surface area contributed by atoms with Crippen molar-refractivity contribution < 1.29 is 4.74 Å². The summed E-state index contributed by atoms with van der Waals surface area (Å²) in [4.78, 5) is 2.41. The van der Waals surface area contributed by atoms with Crippen molar-refractivity contribution in [2.45, 2.75) is 13.0 Å². The van der Waals surface area contributed by atoms with Gasteiger partial charge in [-0.05, 0) is 12.5 Å². The van der Waals surface area contributed by atoms with Crippen LogP contribution in [0, 0.1) is 6.92 Å². The van der Waals surface area contributed by atoms with Crippen molar-refractivity contribution in [3.05, 3.63) is 35.4 Å². The van der Waals surface area contributed by atoms with Gasteiger partial charge in [0.2, 0.25) is 0 Å². The Balaban J connectivity index is 2.14. The minimum atomic E-state index is 0.337. The molecule has 3 nitrogen and oxygen atoms in total. The third kappa shape index (κ3) is 2.61. The maximum Gasteiger partial charge on any atom is 0.0594 e. The van der Waals surface area contributed by atoms with Gasteiger partial charge in [-0.25, -0.2) is 0 Å². The minimum absolute atomic E-state index is 0.337. The molecule has 1 fully saturated rings. The zero-order chi connectivity index (χ0) is 11.4. The quantitative estimate of drug-likeness (QED) is 0.835. The molecule has 3 heteroatoms. The Hall–Kier alpha value is -0.900. The highest BCUT2D eigenvalue weighted by molar-refractivity contribution is 5.25. The Labute approximate surface area is 97.2 Å².